The second kappa shape index (κ2) is 9.98. The Bertz CT molecular complexity index is 808. The zero-order chi connectivity index (χ0) is 20.8. The Labute approximate surface area is 172 Å². The van der Waals surface area contributed by atoms with Gasteiger partial charge in [-0.15, -0.1) is 0 Å². The molecule has 1 fully saturated rings. The molecule has 7 heteroatoms. The third-order valence-electron chi connectivity index (χ3n) is 5.38. The monoisotopic (exact) mass is 402 g/mol. The van der Waals surface area contributed by atoms with Gasteiger partial charge in [0.05, 0.1) is 5.69 Å². The molecule has 1 aliphatic heterocycles. The number of amides is 1. The van der Waals surface area contributed by atoms with Gasteiger partial charge in [0.15, 0.2) is 0 Å². The van der Waals surface area contributed by atoms with Crippen LogP contribution >= 0.6 is 0 Å². The van der Waals surface area contributed by atoms with E-state index in [1.54, 1.807) is 12.1 Å². The van der Waals surface area contributed by atoms with Crippen LogP contribution in [-0.2, 0) is 6.54 Å². The van der Waals surface area contributed by atoms with Crippen molar-refractivity contribution in [3.8, 4) is 0 Å². The summed E-state index contributed by atoms with van der Waals surface area (Å²) >= 11 is 0. The molecular weight excluding hydrogens is 371 g/mol. The largest absolute Gasteiger partial charge is 0.351 e. The van der Waals surface area contributed by atoms with E-state index in [-0.39, 0.29) is 11.7 Å². The lowest BCUT2D eigenvalue weighted by Crippen LogP contribution is -2.44. The van der Waals surface area contributed by atoms with Gasteiger partial charge in [-0.25, -0.2) is 4.39 Å². The fraction of sp³-hybridized carbons (Fsp3) is 0.545. The van der Waals surface area contributed by atoms with Gasteiger partial charge in [-0.05, 0) is 52.4 Å². The number of aromatic nitrogens is 1. The van der Waals surface area contributed by atoms with Crippen LogP contribution in [-0.4, -0.2) is 72.6 Å². The minimum atomic E-state index is -0.155. The summed E-state index contributed by atoms with van der Waals surface area (Å²) in [6.07, 6.45) is 2.12. The first kappa shape index (κ1) is 21.5. The minimum Gasteiger partial charge on any atom is -0.351 e. The van der Waals surface area contributed by atoms with Crippen LogP contribution in [0.25, 0.3) is 0 Å². The van der Waals surface area contributed by atoms with Gasteiger partial charge in [0, 0.05) is 44.4 Å². The molecule has 1 saturated heterocycles. The predicted octanol–water partition coefficient (Wildman–Crippen LogP) is 3.04. The van der Waals surface area contributed by atoms with Crippen LogP contribution < -0.4 is 0 Å². The summed E-state index contributed by atoms with van der Waals surface area (Å²) in [5.74, 6) is 0.378. The van der Waals surface area contributed by atoms with Crippen LogP contribution in [0, 0.1) is 18.7 Å². The van der Waals surface area contributed by atoms with Crippen LogP contribution in [0.3, 0.4) is 0 Å². The molecular formula is C22H31FN4O2. The molecule has 29 heavy (non-hydrogen) atoms. The lowest BCUT2D eigenvalue weighted by molar-refractivity contribution is 0.0621. The quantitative estimate of drug-likeness (QED) is 0.679. The summed E-state index contributed by atoms with van der Waals surface area (Å²) in [7, 11) is 4.00. The van der Waals surface area contributed by atoms with E-state index < -0.39 is 0 Å². The first-order valence-corrected chi connectivity index (χ1v) is 10.3. The molecule has 1 aromatic heterocycles. The van der Waals surface area contributed by atoms with Crippen molar-refractivity contribution in [1.82, 2.24) is 19.9 Å². The number of halogens is 1. The zero-order valence-corrected chi connectivity index (χ0v) is 17.6. The number of hydrogen-bond acceptors (Lipinski definition) is 5. The van der Waals surface area contributed by atoms with Gasteiger partial charge in [0.25, 0.3) is 5.91 Å². The van der Waals surface area contributed by atoms with E-state index in [0.29, 0.717) is 37.0 Å². The zero-order valence-electron chi connectivity index (χ0n) is 17.6. The van der Waals surface area contributed by atoms with Crippen molar-refractivity contribution >= 4 is 5.91 Å². The number of likely N-dealkylation sites (N-methyl/N-ethyl adjacent to an activating group) is 1. The summed E-state index contributed by atoms with van der Waals surface area (Å²) in [6, 6.07) is 8.64. The van der Waals surface area contributed by atoms with Crippen molar-refractivity contribution in [2.24, 2.45) is 5.92 Å². The average Bonchev–Trinajstić information content (AvgIpc) is 3.13. The molecule has 0 aliphatic carbocycles. The number of hydrogen-bond donors (Lipinski definition) is 0. The van der Waals surface area contributed by atoms with E-state index in [1.807, 2.05) is 38.1 Å². The van der Waals surface area contributed by atoms with Crippen LogP contribution in [0.2, 0.25) is 0 Å². The molecule has 1 atom stereocenters. The number of likely N-dealkylation sites (tertiary alicyclic amines) is 1. The van der Waals surface area contributed by atoms with E-state index >= 15 is 0 Å². The fourth-order valence-corrected chi connectivity index (χ4v) is 3.84. The Morgan fingerprint density at radius 3 is 2.79 bits per heavy atom. The number of piperidine rings is 1. The summed E-state index contributed by atoms with van der Waals surface area (Å²) in [4.78, 5) is 19.2. The maximum Gasteiger partial charge on any atom is 0.292 e. The van der Waals surface area contributed by atoms with Gasteiger partial charge in [-0.2, -0.15) is 0 Å². The second-order valence-electron chi connectivity index (χ2n) is 8.22. The Hall–Kier alpha value is -2.25. The third-order valence-corrected chi connectivity index (χ3v) is 5.38. The Kier molecular flexibility index (Phi) is 7.39. The van der Waals surface area contributed by atoms with Gasteiger partial charge < -0.3 is 14.3 Å². The molecule has 0 N–H and O–H groups in total. The van der Waals surface area contributed by atoms with E-state index in [2.05, 4.69) is 15.0 Å². The van der Waals surface area contributed by atoms with Gasteiger partial charge >= 0.3 is 0 Å². The fourth-order valence-electron chi connectivity index (χ4n) is 3.84. The molecule has 3 rings (SSSR count). The van der Waals surface area contributed by atoms with E-state index in [4.69, 9.17) is 4.52 Å². The third kappa shape index (κ3) is 6.11. The lowest BCUT2D eigenvalue weighted by atomic mass is 9.96. The first-order valence-electron chi connectivity index (χ1n) is 10.3. The van der Waals surface area contributed by atoms with Crippen LogP contribution in [0.1, 0.15) is 34.7 Å². The number of carbonyl (C=O) groups excluding carboxylic acids is 1. The molecule has 158 valence electrons. The number of carbonyl (C=O) groups is 1. The Balaban J connectivity index is 1.64. The highest BCUT2D eigenvalue weighted by Crippen LogP contribution is 2.21. The second-order valence-corrected chi connectivity index (χ2v) is 8.22. The molecule has 2 heterocycles. The molecule has 0 saturated carbocycles. The number of nitrogens with zero attached hydrogens (tertiary/aromatic N) is 4. The van der Waals surface area contributed by atoms with Gasteiger partial charge in [-0.1, -0.05) is 23.4 Å². The van der Waals surface area contributed by atoms with Crippen molar-refractivity contribution < 1.29 is 13.7 Å². The van der Waals surface area contributed by atoms with Crippen molar-refractivity contribution in [1.29, 1.82) is 0 Å². The van der Waals surface area contributed by atoms with E-state index in [1.165, 1.54) is 6.07 Å². The lowest BCUT2D eigenvalue weighted by Gasteiger charge is -2.36. The van der Waals surface area contributed by atoms with Crippen LogP contribution in [0.4, 0.5) is 4.39 Å². The highest BCUT2D eigenvalue weighted by atomic mass is 19.1. The molecule has 2 aromatic rings. The number of aryl methyl sites for hydroxylation is 1. The number of benzene rings is 1. The number of rotatable bonds is 8. The summed E-state index contributed by atoms with van der Waals surface area (Å²) in [6.45, 7) is 6.32. The van der Waals surface area contributed by atoms with Crippen LogP contribution in [0.15, 0.2) is 34.9 Å². The summed E-state index contributed by atoms with van der Waals surface area (Å²) in [5.41, 5.74) is 1.43. The van der Waals surface area contributed by atoms with Crippen molar-refractivity contribution in [3.63, 3.8) is 0 Å². The summed E-state index contributed by atoms with van der Waals surface area (Å²) in [5, 5.41) is 3.85. The SMILES string of the molecule is Cc1cc(C(=O)N(CCN(C)C)C[C@H]2CCCN(Cc3ccccc3F)C2)on1. The van der Waals surface area contributed by atoms with Crippen molar-refractivity contribution in [3.05, 3.63) is 53.2 Å². The predicted molar refractivity (Wildman–Crippen MR) is 110 cm³/mol. The maximum absolute atomic E-state index is 14.0. The summed E-state index contributed by atoms with van der Waals surface area (Å²) < 4.78 is 19.2. The molecule has 0 unspecified atom stereocenters. The van der Waals surface area contributed by atoms with Crippen molar-refractivity contribution in [2.75, 3.05) is 46.8 Å². The standard InChI is InChI=1S/C22H31FN4O2/c1-17-13-21(29-24-17)22(28)27(12-11-25(2)3)15-18-7-6-10-26(14-18)16-19-8-4-5-9-20(19)23/h4-5,8-9,13,18H,6-7,10-12,14-16H2,1-3H3/t18-/m0/s1. The maximum atomic E-state index is 14.0. The highest BCUT2D eigenvalue weighted by molar-refractivity contribution is 5.91. The Morgan fingerprint density at radius 1 is 1.31 bits per heavy atom. The van der Waals surface area contributed by atoms with Crippen LogP contribution in [0.5, 0.6) is 0 Å². The first-order chi connectivity index (χ1) is 13.9. The van der Waals surface area contributed by atoms with Gasteiger partial charge in [0.2, 0.25) is 5.76 Å². The Morgan fingerprint density at radius 2 is 2.10 bits per heavy atom. The van der Waals surface area contributed by atoms with Crippen molar-refractivity contribution in [2.45, 2.75) is 26.3 Å². The van der Waals surface area contributed by atoms with E-state index in [0.717, 1.165) is 38.0 Å². The smallest absolute Gasteiger partial charge is 0.292 e. The highest BCUT2D eigenvalue weighted by Gasteiger charge is 2.27. The topological polar surface area (TPSA) is 52.8 Å². The molecule has 1 aromatic carbocycles. The minimum absolute atomic E-state index is 0.112. The molecule has 1 amide bonds. The van der Waals surface area contributed by atoms with Gasteiger partial charge in [0.1, 0.15) is 5.82 Å². The van der Waals surface area contributed by atoms with E-state index in [9.17, 15) is 9.18 Å². The molecule has 1 aliphatic rings. The normalized spacial score (nSPS) is 17.6. The molecule has 0 spiro atoms. The molecule has 0 bridgehead atoms. The molecule has 0 radical (unpaired) electrons. The molecule has 6 nitrogen and oxygen atoms in total. The van der Waals surface area contributed by atoms with Gasteiger partial charge in [-0.3, -0.25) is 9.69 Å². The average molecular weight is 403 g/mol.